The van der Waals surface area contributed by atoms with Crippen LogP contribution in [0.25, 0.3) is 0 Å². The van der Waals surface area contributed by atoms with Crippen LogP contribution >= 0.6 is 0 Å². The molecule has 1 saturated heterocycles. The molecule has 0 bridgehead atoms. The second-order valence-corrected chi connectivity index (χ2v) is 7.31. The van der Waals surface area contributed by atoms with E-state index in [9.17, 15) is 14.7 Å². The normalized spacial score (nSPS) is 22.7. The molecule has 5 nitrogen and oxygen atoms in total. The summed E-state index contributed by atoms with van der Waals surface area (Å²) in [4.78, 5) is 25.7. The zero-order valence-electron chi connectivity index (χ0n) is 15.5. The first-order chi connectivity index (χ1) is 12.1. The van der Waals surface area contributed by atoms with E-state index < -0.39 is 18.2 Å². The quantitative estimate of drug-likeness (QED) is 0.473. The molecular formula is C20H33NO4. The van der Waals surface area contributed by atoms with Crippen molar-refractivity contribution in [3.8, 4) is 0 Å². The first kappa shape index (κ1) is 20.0. The predicted octanol–water partition coefficient (Wildman–Crippen LogP) is 4.19. The minimum absolute atomic E-state index is 0.0832. The molecule has 2 atom stereocenters. The summed E-state index contributed by atoms with van der Waals surface area (Å²) in [7, 11) is 0. The van der Waals surface area contributed by atoms with E-state index in [2.05, 4.69) is 6.92 Å². The number of carbonyl (C=O) groups is 2. The van der Waals surface area contributed by atoms with Gasteiger partial charge in [-0.25, -0.2) is 9.69 Å². The summed E-state index contributed by atoms with van der Waals surface area (Å²) in [5.74, 6) is -0.263. The Bertz CT molecular complexity index is 457. The van der Waals surface area contributed by atoms with Gasteiger partial charge in [0.1, 0.15) is 12.6 Å². The Morgan fingerprint density at radius 1 is 1.24 bits per heavy atom. The van der Waals surface area contributed by atoms with Gasteiger partial charge in [-0.3, -0.25) is 4.79 Å². The molecule has 2 fully saturated rings. The molecule has 0 aromatic heterocycles. The van der Waals surface area contributed by atoms with Crippen LogP contribution in [0, 0.1) is 5.92 Å². The summed E-state index contributed by atoms with van der Waals surface area (Å²) in [6.45, 7) is 2.29. The van der Waals surface area contributed by atoms with E-state index in [-0.39, 0.29) is 18.4 Å². The molecule has 2 rings (SSSR count). The van der Waals surface area contributed by atoms with Gasteiger partial charge in [0.2, 0.25) is 5.91 Å². The van der Waals surface area contributed by atoms with E-state index >= 15 is 0 Å². The minimum atomic E-state index is -0.850. The highest BCUT2D eigenvalue weighted by molar-refractivity contribution is 5.95. The molecule has 1 aliphatic heterocycles. The highest BCUT2D eigenvalue weighted by Crippen LogP contribution is 2.29. The average Bonchev–Trinajstić information content (AvgIpc) is 3.26. The molecule has 0 aromatic carbocycles. The minimum Gasteiger partial charge on any atom is -0.447 e. The smallest absolute Gasteiger partial charge is 0.417 e. The first-order valence-corrected chi connectivity index (χ1v) is 9.99. The van der Waals surface area contributed by atoms with Crippen molar-refractivity contribution in [3.63, 3.8) is 0 Å². The topological polar surface area (TPSA) is 66.8 Å². The molecule has 0 radical (unpaired) electrons. The number of imide groups is 1. The maximum absolute atomic E-state index is 12.6. The number of amides is 2. The van der Waals surface area contributed by atoms with Crippen molar-refractivity contribution in [2.24, 2.45) is 5.92 Å². The van der Waals surface area contributed by atoms with Gasteiger partial charge in [0, 0.05) is 5.92 Å². The average molecular weight is 351 g/mol. The van der Waals surface area contributed by atoms with Gasteiger partial charge in [-0.15, -0.1) is 0 Å². The van der Waals surface area contributed by atoms with Crippen molar-refractivity contribution in [1.29, 1.82) is 0 Å². The predicted molar refractivity (Wildman–Crippen MR) is 97.1 cm³/mol. The summed E-state index contributed by atoms with van der Waals surface area (Å²) >= 11 is 0. The molecule has 0 unspecified atom stereocenters. The lowest BCUT2D eigenvalue weighted by Crippen LogP contribution is -2.47. The Morgan fingerprint density at radius 3 is 2.64 bits per heavy atom. The molecule has 0 aromatic rings. The van der Waals surface area contributed by atoms with Gasteiger partial charge in [-0.2, -0.15) is 0 Å². The third kappa shape index (κ3) is 5.84. The van der Waals surface area contributed by atoms with Crippen LogP contribution < -0.4 is 0 Å². The fraction of sp³-hybridized carbons (Fsp3) is 0.800. The van der Waals surface area contributed by atoms with Gasteiger partial charge in [0.05, 0.1) is 6.10 Å². The lowest BCUT2D eigenvalue weighted by atomic mass is 10.0. The van der Waals surface area contributed by atoms with E-state index in [1.165, 1.54) is 32.1 Å². The molecule has 0 spiro atoms. The molecule has 1 aliphatic carbocycles. The van der Waals surface area contributed by atoms with Gasteiger partial charge in [0.15, 0.2) is 0 Å². The van der Waals surface area contributed by atoms with Crippen LogP contribution in [-0.4, -0.2) is 40.8 Å². The number of rotatable bonds is 10. The monoisotopic (exact) mass is 351 g/mol. The van der Waals surface area contributed by atoms with E-state index in [1.54, 1.807) is 6.08 Å². The Hall–Kier alpha value is -1.36. The fourth-order valence-corrected chi connectivity index (χ4v) is 3.72. The number of ether oxygens (including phenoxy) is 1. The number of unbranched alkanes of at least 4 members (excludes halogenated alkanes) is 6. The van der Waals surface area contributed by atoms with E-state index in [1.807, 2.05) is 6.08 Å². The number of hydrogen-bond acceptors (Lipinski definition) is 4. The number of allylic oxidation sites excluding steroid dienone is 1. The number of aliphatic hydroxyl groups excluding tert-OH is 1. The van der Waals surface area contributed by atoms with Gasteiger partial charge < -0.3 is 9.84 Å². The summed E-state index contributed by atoms with van der Waals surface area (Å²) in [5, 5.41) is 10.4. The largest absolute Gasteiger partial charge is 0.447 e. The zero-order chi connectivity index (χ0) is 18.1. The highest BCUT2D eigenvalue weighted by Gasteiger charge is 2.43. The summed E-state index contributed by atoms with van der Waals surface area (Å²) in [6, 6.07) is -0.582. The maximum atomic E-state index is 12.6. The van der Waals surface area contributed by atoms with Crippen LogP contribution in [0.4, 0.5) is 4.79 Å². The van der Waals surface area contributed by atoms with Crippen molar-refractivity contribution >= 4 is 12.0 Å². The first-order valence-electron chi connectivity index (χ1n) is 9.99. The molecule has 142 valence electrons. The van der Waals surface area contributed by atoms with Crippen molar-refractivity contribution in [2.45, 2.75) is 89.7 Å². The zero-order valence-corrected chi connectivity index (χ0v) is 15.5. The molecule has 1 saturated carbocycles. The summed E-state index contributed by atoms with van der Waals surface area (Å²) in [6.07, 6.45) is 14.3. The lowest BCUT2D eigenvalue weighted by Gasteiger charge is -2.24. The summed E-state index contributed by atoms with van der Waals surface area (Å²) in [5.41, 5.74) is 0. The Morgan fingerprint density at radius 2 is 1.92 bits per heavy atom. The van der Waals surface area contributed by atoms with Crippen molar-refractivity contribution in [1.82, 2.24) is 4.90 Å². The molecule has 25 heavy (non-hydrogen) atoms. The number of carbonyl (C=O) groups excluding carboxylic acids is 2. The number of aliphatic hydroxyl groups is 1. The molecule has 2 amide bonds. The third-order valence-electron chi connectivity index (χ3n) is 5.30. The van der Waals surface area contributed by atoms with Crippen molar-refractivity contribution in [3.05, 3.63) is 12.2 Å². The van der Waals surface area contributed by atoms with E-state index in [4.69, 9.17) is 4.74 Å². The number of cyclic esters (lactones) is 1. The Balaban J connectivity index is 1.76. The standard InChI is InChI=1S/C20H33NO4/c1-2-3-4-5-6-7-8-9-14-18(22)17-15-25-20(24)21(17)19(23)16-12-10-11-13-16/h9,14,16-18,22H,2-8,10-13,15H2,1H3/b14-9+/t17-,18+/m0/s1. The number of nitrogens with zero attached hydrogens (tertiary/aromatic N) is 1. The highest BCUT2D eigenvalue weighted by atomic mass is 16.6. The Kier molecular flexibility index (Phi) is 8.45. The van der Waals surface area contributed by atoms with Gasteiger partial charge in [0.25, 0.3) is 0 Å². The summed E-state index contributed by atoms with van der Waals surface area (Å²) < 4.78 is 5.03. The molecule has 5 heteroatoms. The van der Waals surface area contributed by atoms with Crippen LogP contribution in [-0.2, 0) is 9.53 Å². The molecule has 1 N–H and O–H groups in total. The lowest BCUT2D eigenvalue weighted by molar-refractivity contribution is -0.134. The van der Waals surface area contributed by atoms with Crippen LogP contribution in [0.1, 0.15) is 77.6 Å². The molecule has 1 heterocycles. The van der Waals surface area contributed by atoms with Crippen LogP contribution in [0.15, 0.2) is 12.2 Å². The van der Waals surface area contributed by atoms with E-state index in [0.717, 1.165) is 43.4 Å². The van der Waals surface area contributed by atoms with Gasteiger partial charge in [-0.05, 0) is 25.7 Å². The number of hydrogen-bond donors (Lipinski definition) is 1. The van der Waals surface area contributed by atoms with Crippen LogP contribution in [0.2, 0.25) is 0 Å². The van der Waals surface area contributed by atoms with Crippen LogP contribution in [0.3, 0.4) is 0 Å². The van der Waals surface area contributed by atoms with Crippen molar-refractivity contribution in [2.75, 3.05) is 6.61 Å². The van der Waals surface area contributed by atoms with E-state index in [0.29, 0.717) is 0 Å². The second kappa shape index (κ2) is 10.6. The van der Waals surface area contributed by atoms with Gasteiger partial charge >= 0.3 is 6.09 Å². The maximum Gasteiger partial charge on any atom is 0.417 e. The fourth-order valence-electron chi connectivity index (χ4n) is 3.72. The van der Waals surface area contributed by atoms with Crippen molar-refractivity contribution < 1.29 is 19.4 Å². The molecular weight excluding hydrogens is 318 g/mol. The second-order valence-electron chi connectivity index (χ2n) is 7.31. The molecule has 2 aliphatic rings. The van der Waals surface area contributed by atoms with Gasteiger partial charge in [-0.1, -0.05) is 64.0 Å². The Labute approximate surface area is 151 Å². The SMILES string of the molecule is CCCCCCCC/C=C/[C@@H](O)[C@@H]1COC(=O)N1C(=O)C1CCCC1. The third-order valence-corrected chi connectivity index (χ3v) is 5.30. The van der Waals surface area contributed by atoms with Crippen LogP contribution in [0.5, 0.6) is 0 Å².